The summed E-state index contributed by atoms with van der Waals surface area (Å²) in [4.78, 5) is 2.64. The summed E-state index contributed by atoms with van der Waals surface area (Å²) in [6.45, 7) is 4.68. The lowest BCUT2D eigenvalue weighted by Gasteiger charge is -2.21. The van der Waals surface area contributed by atoms with Crippen molar-refractivity contribution in [2.45, 2.75) is 44.3 Å². The first-order valence-corrected chi connectivity index (χ1v) is 7.36. The predicted octanol–water partition coefficient (Wildman–Crippen LogP) is 3.23. The van der Waals surface area contributed by atoms with Crippen molar-refractivity contribution in [2.75, 3.05) is 13.1 Å². The fourth-order valence-electron chi connectivity index (χ4n) is 2.96. The second-order valence-electron chi connectivity index (χ2n) is 5.62. The van der Waals surface area contributed by atoms with E-state index in [1.165, 1.54) is 37.9 Å². The van der Waals surface area contributed by atoms with Gasteiger partial charge in [-0.25, -0.2) is 0 Å². The van der Waals surface area contributed by atoms with Crippen molar-refractivity contribution in [2.24, 2.45) is 0 Å². The van der Waals surface area contributed by atoms with Crippen molar-refractivity contribution in [3.8, 4) is 0 Å². The molecule has 3 rings (SSSR count). The smallest absolute Gasteiger partial charge is 0.0453 e. The van der Waals surface area contributed by atoms with E-state index < -0.39 is 0 Å². The van der Waals surface area contributed by atoms with Gasteiger partial charge in [-0.1, -0.05) is 29.8 Å². The molecule has 18 heavy (non-hydrogen) atoms. The summed E-state index contributed by atoms with van der Waals surface area (Å²) >= 11 is 6.24. The predicted molar refractivity (Wildman–Crippen MR) is 76.0 cm³/mol. The van der Waals surface area contributed by atoms with Crippen LogP contribution in [0.1, 0.15) is 37.8 Å². The highest BCUT2D eigenvalue weighted by atomic mass is 35.5. The summed E-state index contributed by atoms with van der Waals surface area (Å²) in [5, 5.41) is 4.59. The minimum Gasteiger partial charge on any atom is -0.306 e. The Bertz CT molecular complexity index is 417. The number of halogens is 1. The van der Waals surface area contributed by atoms with Crippen molar-refractivity contribution in [1.82, 2.24) is 10.2 Å². The maximum absolute atomic E-state index is 6.24. The minimum atomic E-state index is 0.336. The van der Waals surface area contributed by atoms with Crippen LogP contribution in [0.15, 0.2) is 24.3 Å². The third kappa shape index (κ3) is 2.71. The summed E-state index contributed by atoms with van der Waals surface area (Å²) in [6, 6.07) is 9.99. The van der Waals surface area contributed by atoms with Crippen LogP contribution in [-0.4, -0.2) is 30.1 Å². The molecule has 1 saturated heterocycles. The zero-order valence-corrected chi connectivity index (χ0v) is 11.7. The molecule has 1 saturated carbocycles. The molecular weight excluding hydrogens is 244 g/mol. The monoisotopic (exact) mass is 264 g/mol. The van der Waals surface area contributed by atoms with Gasteiger partial charge in [0.05, 0.1) is 0 Å². The van der Waals surface area contributed by atoms with Crippen LogP contribution in [0.2, 0.25) is 5.02 Å². The van der Waals surface area contributed by atoms with Gasteiger partial charge in [-0.2, -0.15) is 0 Å². The number of hydrogen-bond donors (Lipinski definition) is 1. The highest BCUT2D eigenvalue weighted by Crippen LogP contribution is 2.30. The highest BCUT2D eigenvalue weighted by molar-refractivity contribution is 6.31. The van der Waals surface area contributed by atoms with E-state index in [4.69, 9.17) is 11.6 Å². The lowest BCUT2D eigenvalue weighted by molar-refractivity contribution is 0.313. The average Bonchev–Trinajstić information content (AvgIpc) is 3.11. The molecule has 0 aromatic heterocycles. The van der Waals surface area contributed by atoms with E-state index in [0.29, 0.717) is 12.1 Å². The molecule has 2 aliphatic rings. The van der Waals surface area contributed by atoms with Crippen molar-refractivity contribution in [3.05, 3.63) is 34.9 Å². The van der Waals surface area contributed by atoms with E-state index >= 15 is 0 Å². The van der Waals surface area contributed by atoms with Crippen LogP contribution in [0.4, 0.5) is 0 Å². The molecule has 2 fully saturated rings. The molecule has 2 nitrogen and oxygen atoms in total. The van der Waals surface area contributed by atoms with Gasteiger partial charge in [0.15, 0.2) is 0 Å². The van der Waals surface area contributed by atoms with Crippen LogP contribution < -0.4 is 5.32 Å². The van der Waals surface area contributed by atoms with Gasteiger partial charge in [-0.15, -0.1) is 0 Å². The van der Waals surface area contributed by atoms with Gasteiger partial charge < -0.3 is 5.32 Å². The normalized spacial score (nSPS) is 26.4. The maximum Gasteiger partial charge on any atom is 0.0453 e. The van der Waals surface area contributed by atoms with Crippen molar-refractivity contribution in [3.63, 3.8) is 0 Å². The Morgan fingerprint density at radius 1 is 1.28 bits per heavy atom. The topological polar surface area (TPSA) is 15.3 Å². The van der Waals surface area contributed by atoms with Gasteiger partial charge in [0.25, 0.3) is 0 Å². The molecule has 3 heteroatoms. The third-order valence-electron chi connectivity index (χ3n) is 4.14. The fourth-order valence-corrected chi connectivity index (χ4v) is 3.26. The van der Waals surface area contributed by atoms with Crippen molar-refractivity contribution >= 4 is 11.6 Å². The summed E-state index contributed by atoms with van der Waals surface area (Å²) in [5.41, 5.74) is 1.21. The molecule has 1 aliphatic heterocycles. The molecule has 0 amide bonds. The Hall–Kier alpha value is -0.570. The summed E-state index contributed by atoms with van der Waals surface area (Å²) in [5.74, 6) is 0. The van der Waals surface area contributed by atoms with Gasteiger partial charge in [0.2, 0.25) is 0 Å². The lowest BCUT2D eigenvalue weighted by Crippen LogP contribution is -2.35. The zero-order chi connectivity index (χ0) is 12.5. The van der Waals surface area contributed by atoms with Crippen molar-refractivity contribution < 1.29 is 0 Å². The lowest BCUT2D eigenvalue weighted by atomic mass is 10.1. The number of rotatable bonds is 4. The van der Waals surface area contributed by atoms with E-state index in [-0.39, 0.29) is 0 Å². The van der Waals surface area contributed by atoms with E-state index in [2.05, 4.69) is 29.3 Å². The Balaban J connectivity index is 1.58. The van der Waals surface area contributed by atoms with Crippen molar-refractivity contribution in [1.29, 1.82) is 0 Å². The first-order valence-electron chi connectivity index (χ1n) is 6.98. The largest absolute Gasteiger partial charge is 0.306 e. The first kappa shape index (κ1) is 12.5. The molecule has 0 radical (unpaired) electrons. The van der Waals surface area contributed by atoms with Gasteiger partial charge in [-0.05, 0) is 37.8 Å². The van der Waals surface area contributed by atoms with Gasteiger partial charge in [0.1, 0.15) is 0 Å². The van der Waals surface area contributed by atoms with Gasteiger partial charge >= 0.3 is 0 Å². The molecule has 1 heterocycles. The van der Waals surface area contributed by atoms with Crippen LogP contribution in [0, 0.1) is 0 Å². The molecule has 1 N–H and O–H groups in total. The van der Waals surface area contributed by atoms with Crippen LogP contribution in [0.25, 0.3) is 0 Å². The molecule has 1 aromatic carbocycles. The maximum atomic E-state index is 6.24. The van der Waals surface area contributed by atoms with Gasteiger partial charge in [-0.3, -0.25) is 4.90 Å². The molecule has 1 aromatic rings. The van der Waals surface area contributed by atoms with Crippen LogP contribution in [-0.2, 0) is 0 Å². The SMILES string of the molecule is CC(NC1CCN(C2CC2)C1)c1ccccc1Cl. The van der Waals surface area contributed by atoms with E-state index in [1.54, 1.807) is 0 Å². The first-order chi connectivity index (χ1) is 8.74. The number of hydrogen-bond acceptors (Lipinski definition) is 2. The molecule has 2 atom stereocenters. The fraction of sp³-hybridized carbons (Fsp3) is 0.600. The summed E-state index contributed by atoms with van der Waals surface area (Å²) < 4.78 is 0. The molecule has 0 bridgehead atoms. The quantitative estimate of drug-likeness (QED) is 0.898. The van der Waals surface area contributed by atoms with E-state index in [0.717, 1.165) is 11.1 Å². The number of likely N-dealkylation sites (tertiary alicyclic amines) is 1. The van der Waals surface area contributed by atoms with Gasteiger partial charge in [0, 0.05) is 36.2 Å². The van der Waals surface area contributed by atoms with E-state index in [1.807, 2.05) is 12.1 Å². The Morgan fingerprint density at radius 2 is 2.06 bits per heavy atom. The Kier molecular flexibility index (Phi) is 3.60. The van der Waals surface area contributed by atoms with Crippen LogP contribution in [0.5, 0.6) is 0 Å². The summed E-state index contributed by atoms with van der Waals surface area (Å²) in [6.07, 6.45) is 4.09. The second-order valence-corrected chi connectivity index (χ2v) is 6.03. The summed E-state index contributed by atoms with van der Waals surface area (Å²) in [7, 11) is 0. The average molecular weight is 265 g/mol. The zero-order valence-electron chi connectivity index (χ0n) is 10.9. The Labute approximate surface area is 114 Å². The molecule has 98 valence electrons. The molecule has 1 aliphatic carbocycles. The number of nitrogens with one attached hydrogen (secondary N) is 1. The minimum absolute atomic E-state index is 0.336. The standard InChI is InChI=1S/C15H21ClN2/c1-11(14-4-2-3-5-15(14)16)17-12-8-9-18(10-12)13-6-7-13/h2-5,11-13,17H,6-10H2,1H3. The van der Waals surface area contributed by atoms with E-state index in [9.17, 15) is 0 Å². The van der Waals surface area contributed by atoms with Crippen LogP contribution in [0.3, 0.4) is 0 Å². The second kappa shape index (κ2) is 5.20. The molecule has 0 spiro atoms. The molecular formula is C15H21ClN2. The number of benzene rings is 1. The molecule has 2 unspecified atom stereocenters. The highest BCUT2D eigenvalue weighted by Gasteiger charge is 2.34. The third-order valence-corrected chi connectivity index (χ3v) is 4.48. The Morgan fingerprint density at radius 3 is 2.78 bits per heavy atom. The number of nitrogens with zero attached hydrogens (tertiary/aromatic N) is 1. The van der Waals surface area contributed by atoms with Crippen LogP contribution >= 0.6 is 11.6 Å².